The Bertz CT molecular complexity index is 566. The molecule has 0 aliphatic carbocycles. The highest BCUT2D eigenvalue weighted by atomic mass is 16.5. The number of hydrogen-bond acceptors (Lipinski definition) is 4. The Labute approximate surface area is 136 Å². The van der Waals surface area contributed by atoms with Crippen molar-refractivity contribution in [1.29, 1.82) is 0 Å². The number of methoxy groups -OCH3 is 2. The van der Waals surface area contributed by atoms with Crippen LogP contribution in [-0.2, 0) is 4.79 Å². The Hall–Kier alpha value is -2.24. The van der Waals surface area contributed by atoms with E-state index < -0.39 is 0 Å². The number of hydrogen-bond donors (Lipinski definition) is 1. The molecule has 6 heteroatoms. The molecule has 0 spiro atoms. The summed E-state index contributed by atoms with van der Waals surface area (Å²) in [6.45, 7) is 3.26. The second-order valence-corrected chi connectivity index (χ2v) is 5.55. The van der Waals surface area contributed by atoms with Gasteiger partial charge in [-0.15, -0.1) is 0 Å². The zero-order valence-electron chi connectivity index (χ0n) is 13.9. The highest BCUT2D eigenvalue weighted by Crippen LogP contribution is 2.27. The van der Waals surface area contributed by atoms with Gasteiger partial charge in [0.05, 0.1) is 14.2 Å². The van der Waals surface area contributed by atoms with E-state index in [1.165, 1.54) is 0 Å². The fourth-order valence-electron chi connectivity index (χ4n) is 2.74. The minimum absolute atomic E-state index is 0.0940. The molecule has 0 radical (unpaired) electrons. The number of ether oxygens (including phenoxy) is 2. The average molecular weight is 320 g/mol. The first kappa shape index (κ1) is 17.1. The zero-order chi connectivity index (χ0) is 16.8. The van der Waals surface area contributed by atoms with Crippen LogP contribution in [0.3, 0.4) is 0 Å². The Balaban J connectivity index is 1.94. The molecule has 1 saturated heterocycles. The van der Waals surface area contributed by atoms with Gasteiger partial charge in [0.1, 0.15) is 0 Å². The van der Waals surface area contributed by atoms with E-state index in [0.29, 0.717) is 36.6 Å². The van der Waals surface area contributed by atoms with Gasteiger partial charge in [0, 0.05) is 31.1 Å². The number of nitrogens with zero attached hydrogens (tertiary/aromatic N) is 1. The van der Waals surface area contributed by atoms with Crippen molar-refractivity contribution in [2.24, 2.45) is 0 Å². The number of nitrogens with one attached hydrogen (secondary N) is 1. The molecule has 1 N–H and O–H groups in total. The fraction of sp³-hybridized carbons (Fsp3) is 0.529. The van der Waals surface area contributed by atoms with E-state index in [-0.39, 0.29) is 17.9 Å². The summed E-state index contributed by atoms with van der Waals surface area (Å²) in [5, 5.41) is 3.03. The summed E-state index contributed by atoms with van der Waals surface area (Å²) in [5.74, 6) is 1.17. The van der Waals surface area contributed by atoms with Crippen LogP contribution in [0.4, 0.5) is 0 Å². The van der Waals surface area contributed by atoms with Gasteiger partial charge in [-0.05, 0) is 31.0 Å². The maximum Gasteiger partial charge on any atom is 0.251 e. The molecule has 2 amide bonds. The van der Waals surface area contributed by atoms with Crippen molar-refractivity contribution in [2.45, 2.75) is 32.2 Å². The van der Waals surface area contributed by atoms with E-state index in [0.717, 1.165) is 12.8 Å². The molecule has 6 nitrogen and oxygen atoms in total. The molecular weight excluding hydrogens is 296 g/mol. The lowest BCUT2D eigenvalue weighted by atomic mass is 10.0. The third kappa shape index (κ3) is 4.15. The third-order valence-electron chi connectivity index (χ3n) is 4.13. The van der Waals surface area contributed by atoms with Crippen molar-refractivity contribution in [1.82, 2.24) is 10.2 Å². The van der Waals surface area contributed by atoms with E-state index in [1.807, 2.05) is 11.8 Å². The molecular formula is C17H24N2O4. The normalized spacial score (nSPS) is 15.2. The van der Waals surface area contributed by atoms with Crippen LogP contribution in [0.5, 0.6) is 11.5 Å². The van der Waals surface area contributed by atoms with Crippen molar-refractivity contribution >= 4 is 11.8 Å². The zero-order valence-corrected chi connectivity index (χ0v) is 13.9. The van der Waals surface area contributed by atoms with E-state index >= 15 is 0 Å². The van der Waals surface area contributed by atoms with E-state index in [1.54, 1.807) is 32.4 Å². The summed E-state index contributed by atoms with van der Waals surface area (Å²) in [5.41, 5.74) is 0.537. The molecule has 0 bridgehead atoms. The molecule has 0 atom stereocenters. The van der Waals surface area contributed by atoms with Crippen LogP contribution in [0.1, 0.15) is 36.5 Å². The topological polar surface area (TPSA) is 67.9 Å². The molecule has 1 aliphatic heterocycles. The predicted octanol–water partition coefficient (Wildman–Crippen LogP) is 1.83. The predicted molar refractivity (Wildman–Crippen MR) is 86.9 cm³/mol. The van der Waals surface area contributed by atoms with Crippen LogP contribution < -0.4 is 14.8 Å². The van der Waals surface area contributed by atoms with Crippen LogP contribution in [0.15, 0.2) is 18.2 Å². The third-order valence-corrected chi connectivity index (χ3v) is 4.13. The highest BCUT2D eigenvalue weighted by molar-refractivity contribution is 5.95. The molecule has 0 aromatic heterocycles. The molecule has 1 aromatic rings. The molecule has 1 fully saturated rings. The first-order valence-corrected chi connectivity index (χ1v) is 7.89. The lowest BCUT2D eigenvalue weighted by Crippen LogP contribution is -2.46. The molecule has 0 unspecified atom stereocenters. The van der Waals surface area contributed by atoms with Gasteiger partial charge in [-0.25, -0.2) is 0 Å². The van der Waals surface area contributed by atoms with Crippen LogP contribution in [-0.4, -0.2) is 50.1 Å². The van der Waals surface area contributed by atoms with Crippen LogP contribution in [0, 0.1) is 0 Å². The molecule has 23 heavy (non-hydrogen) atoms. The summed E-state index contributed by atoms with van der Waals surface area (Å²) in [7, 11) is 3.10. The van der Waals surface area contributed by atoms with Crippen molar-refractivity contribution < 1.29 is 19.1 Å². The number of carbonyl (C=O) groups excluding carboxylic acids is 2. The Morgan fingerprint density at radius 2 is 1.83 bits per heavy atom. The summed E-state index contributed by atoms with van der Waals surface area (Å²) in [6.07, 6.45) is 2.10. The fourth-order valence-corrected chi connectivity index (χ4v) is 2.74. The van der Waals surface area contributed by atoms with Gasteiger partial charge in [0.2, 0.25) is 5.91 Å². The van der Waals surface area contributed by atoms with Gasteiger partial charge in [-0.2, -0.15) is 0 Å². The van der Waals surface area contributed by atoms with Gasteiger partial charge in [0.25, 0.3) is 5.91 Å². The smallest absolute Gasteiger partial charge is 0.251 e. The van der Waals surface area contributed by atoms with E-state index in [9.17, 15) is 9.59 Å². The van der Waals surface area contributed by atoms with Gasteiger partial charge < -0.3 is 19.7 Å². The molecule has 126 valence electrons. The Kier molecular flexibility index (Phi) is 5.84. The number of benzene rings is 1. The highest BCUT2D eigenvalue weighted by Gasteiger charge is 2.23. The number of piperidine rings is 1. The largest absolute Gasteiger partial charge is 0.493 e. The van der Waals surface area contributed by atoms with Gasteiger partial charge in [-0.1, -0.05) is 6.92 Å². The number of amides is 2. The number of likely N-dealkylation sites (tertiary alicyclic amines) is 1. The van der Waals surface area contributed by atoms with E-state index in [2.05, 4.69) is 5.32 Å². The quantitative estimate of drug-likeness (QED) is 0.899. The Morgan fingerprint density at radius 1 is 1.17 bits per heavy atom. The van der Waals surface area contributed by atoms with Crippen molar-refractivity contribution in [3.05, 3.63) is 23.8 Å². The number of carbonyl (C=O) groups is 2. The first-order chi connectivity index (χ1) is 11.1. The second-order valence-electron chi connectivity index (χ2n) is 5.55. The van der Waals surface area contributed by atoms with Crippen molar-refractivity contribution in [2.75, 3.05) is 27.3 Å². The van der Waals surface area contributed by atoms with Crippen molar-refractivity contribution in [3.8, 4) is 11.5 Å². The maximum absolute atomic E-state index is 12.4. The average Bonchev–Trinajstić information content (AvgIpc) is 2.60. The maximum atomic E-state index is 12.4. The molecule has 1 heterocycles. The summed E-state index contributed by atoms with van der Waals surface area (Å²) >= 11 is 0. The lowest BCUT2D eigenvalue weighted by Gasteiger charge is -2.32. The van der Waals surface area contributed by atoms with Gasteiger partial charge in [-0.3, -0.25) is 9.59 Å². The first-order valence-electron chi connectivity index (χ1n) is 7.89. The SMILES string of the molecule is CCC(=O)N1CCC(NC(=O)c2ccc(OC)c(OC)c2)CC1. The van der Waals surface area contributed by atoms with Gasteiger partial charge in [0.15, 0.2) is 11.5 Å². The lowest BCUT2D eigenvalue weighted by molar-refractivity contribution is -0.131. The van der Waals surface area contributed by atoms with E-state index in [4.69, 9.17) is 9.47 Å². The standard InChI is InChI=1S/C17H24N2O4/c1-4-16(20)19-9-7-13(8-10-19)18-17(21)12-5-6-14(22-2)15(11-12)23-3/h5-6,11,13H,4,7-10H2,1-3H3,(H,18,21). The molecule has 2 rings (SSSR count). The minimum Gasteiger partial charge on any atom is -0.493 e. The molecule has 0 saturated carbocycles. The summed E-state index contributed by atoms with van der Waals surface area (Å²) < 4.78 is 10.4. The van der Waals surface area contributed by atoms with Gasteiger partial charge >= 0.3 is 0 Å². The van der Waals surface area contributed by atoms with Crippen LogP contribution >= 0.6 is 0 Å². The second kappa shape index (κ2) is 7.85. The molecule has 1 aromatic carbocycles. The number of rotatable bonds is 5. The monoisotopic (exact) mass is 320 g/mol. The summed E-state index contributed by atoms with van der Waals surface area (Å²) in [6, 6.07) is 5.20. The molecule has 1 aliphatic rings. The minimum atomic E-state index is -0.133. The van der Waals surface area contributed by atoms with Crippen LogP contribution in [0.25, 0.3) is 0 Å². The summed E-state index contributed by atoms with van der Waals surface area (Å²) in [4.78, 5) is 25.9. The van der Waals surface area contributed by atoms with Crippen molar-refractivity contribution in [3.63, 3.8) is 0 Å². The van der Waals surface area contributed by atoms with Crippen LogP contribution in [0.2, 0.25) is 0 Å². The Morgan fingerprint density at radius 3 is 2.39 bits per heavy atom.